The number of hydrogen-bond acceptors (Lipinski definition) is 4. The number of nitrogens with zero attached hydrogens (tertiary/aromatic N) is 1. The maximum absolute atomic E-state index is 12.3. The van der Waals surface area contributed by atoms with E-state index in [1.54, 1.807) is 38.1 Å². The molecule has 0 spiro atoms. The van der Waals surface area contributed by atoms with Crippen LogP contribution in [-0.4, -0.2) is 32.6 Å². The summed E-state index contributed by atoms with van der Waals surface area (Å²) in [7, 11) is 0. The summed E-state index contributed by atoms with van der Waals surface area (Å²) in [5, 5.41) is 11.8. The SMILES string of the molecule is CC(C)C(NC(=O)CCn1c(=O)[nH]c2ccccc2c1=O)C(=O)O. The van der Waals surface area contributed by atoms with Gasteiger partial charge in [-0.1, -0.05) is 26.0 Å². The fraction of sp³-hybridized carbons (Fsp3) is 0.375. The van der Waals surface area contributed by atoms with Crippen LogP contribution in [-0.2, 0) is 16.1 Å². The summed E-state index contributed by atoms with van der Waals surface area (Å²) in [5.41, 5.74) is -0.662. The monoisotopic (exact) mass is 333 g/mol. The molecule has 0 radical (unpaired) electrons. The van der Waals surface area contributed by atoms with E-state index in [0.29, 0.717) is 10.9 Å². The van der Waals surface area contributed by atoms with Crippen molar-refractivity contribution in [1.82, 2.24) is 14.9 Å². The van der Waals surface area contributed by atoms with Crippen LogP contribution in [0.1, 0.15) is 20.3 Å². The van der Waals surface area contributed by atoms with Crippen molar-refractivity contribution in [3.05, 3.63) is 45.1 Å². The molecule has 2 aromatic rings. The van der Waals surface area contributed by atoms with Gasteiger partial charge in [0.2, 0.25) is 5.91 Å². The Morgan fingerprint density at radius 1 is 1.25 bits per heavy atom. The van der Waals surface area contributed by atoms with Crippen molar-refractivity contribution in [3.8, 4) is 0 Å². The van der Waals surface area contributed by atoms with E-state index >= 15 is 0 Å². The molecule has 0 aliphatic rings. The van der Waals surface area contributed by atoms with Gasteiger partial charge in [-0.2, -0.15) is 0 Å². The fourth-order valence-electron chi connectivity index (χ4n) is 2.37. The Morgan fingerprint density at radius 2 is 1.92 bits per heavy atom. The van der Waals surface area contributed by atoms with E-state index in [-0.39, 0.29) is 18.9 Å². The highest BCUT2D eigenvalue weighted by Gasteiger charge is 2.23. The Hall–Kier alpha value is -2.90. The van der Waals surface area contributed by atoms with E-state index in [1.807, 2.05) is 0 Å². The zero-order valence-corrected chi connectivity index (χ0v) is 13.4. The van der Waals surface area contributed by atoms with Crippen molar-refractivity contribution in [2.24, 2.45) is 5.92 Å². The van der Waals surface area contributed by atoms with E-state index in [4.69, 9.17) is 5.11 Å². The lowest BCUT2D eigenvalue weighted by Crippen LogP contribution is -2.45. The highest BCUT2D eigenvalue weighted by atomic mass is 16.4. The lowest BCUT2D eigenvalue weighted by molar-refractivity contribution is -0.143. The molecule has 0 aliphatic heterocycles. The molecule has 0 bridgehead atoms. The van der Waals surface area contributed by atoms with Crippen LogP contribution in [0.15, 0.2) is 33.9 Å². The number of aromatic nitrogens is 2. The van der Waals surface area contributed by atoms with Crippen LogP contribution >= 0.6 is 0 Å². The molecule has 1 aromatic heterocycles. The first-order valence-corrected chi connectivity index (χ1v) is 7.55. The summed E-state index contributed by atoms with van der Waals surface area (Å²) in [5.74, 6) is -1.94. The van der Waals surface area contributed by atoms with Gasteiger partial charge in [0.25, 0.3) is 5.56 Å². The number of carboxylic acid groups (broad SMARTS) is 1. The first kappa shape index (κ1) is 17.5. The fourth-order valence-corrected chi connectivity index (χ4v) is 2.37. The van der Waals surface area contributed by atoms with Crippen LogP contribution in [0.5, 0.6) is 0 Å². The Balaban J connectivity index is 2.16. The molecule has 1 atom stereocenters. The summed E-state index contributed by atoms with van der Waals surface area (Å²) in [6.45, 7) is 3.23. The van der Waals surface area contributed by atoms with E-state index in [1.165, 1.54) is 0 Å². The Bertz CT molecular complexity index is 881. The zero-order valence-electron chi connectivity index (χ0n) is 13.4. The van der Waals surface area contributed by atoms with Crippen molar-refractivity contribution in [1.29, 1.82) is 0 Å². The number of aliphatic carboxylic acids is 1. The predicted molar refractivity (Wildman–Crippen MR) is 87.9 cm³/mol. The highest BCUT2D eigenvalue weighted by molar-refractivity contribution is 5.83. The molecule has 0 saturated heterocycles. The molecule has 0 fully saturated rings. The maximum atomic E-state index is 12.3. The van der Waals surface area contributed by atoms with Gasteiger partial charge in [0.05, 0.1) is 10.9 Å². The largest absolute Gasteiger partial charge is 0.480 e. The Labute approximate surface area is 137 Å². The smallest absolute Gasteiger partial charge is 0.328 e. The normalized spacial score (nSPS) is 12.3. The van der Waals surface area contributed by atoms with Gasteiger partial charge in [-0.15, -0.1) is 0 Å². The summed E-state index contributed by atoms with van der Waals surface area (Å²) in [4.78, 5) is 49.9. The average Bonchev–Trinajstić information content (AvgIpc) is 2.51. The van der Waals surface area contributed by atoms with Crippen LogP contribution < -0.4 is 16.6 Å². The second-order valence-electron chi connectivity index (χ2n) is 5.81. The van der Waals surface area contributed by atoms with E-state index < -0.39 is 29.2 Å². The number of amides is 1. The quantitative estimate of drug-likeness (QED) is 0.702. The highest BCUT2D eigenvalue weighted by Crippen LogP contribution is 2.04. The molecule has 1 amide bonds. The first-order chi connectivity index (χ1) is 11.3. The predicted octanol–water partition coefficient (Wildman–Crippen LogP) is 0.305. The molecular formula is C16H19N3O5. The number of rotatable bonds is 6. The minimum atomic E-state index is -1.13. The summed E-state index contributed by atoms with van der Waals surface area (Å²) in [6, 6.07) is 5.58. The standard InChI is InChI=1S/C16H19N3O5/c1-9(2)13(15(22)23)18-12(20)7-8-19-14(21)10-5-3-4-6-11(10)17-16(19)24/h3-6,9,13H,7-8H2,1-2H3,(H,17,24)(H,18,20)(H,22,23). The second-order valence-corrected chi connectivity index (χ2v) is 5.81. The van der Waals surface area contributed by atoms with Crippen molar-refractivity contribution in [2.45, 2.75) is 32.9 Å². The zero-order chi connectivity index (χ0) is 17.9. The molecule has 3 N–H and O–H groups in total. The number of carbonyl (C=O) groups excluding carboxylic acids is 1. The van der Waals surface area contributed by atoms with Gasteiger partial charge in [-0.05, 0) is 18.1 Å². The van der Waals surface area contributed by atoms with Gasteiger partial charge in [0, 0.05) is 13.0 Å². The molecule has 24 heavy (non-hydrogen) atoms. The van der Waals surface area contributed by atoms with E-state index in [9.17, 15) is 19.2 Å². The third-order valence-electron chi connectivity index (χ3n) is 3.70. The van der Waals surface area contributed by atoms with Gasteiger partial charge < -0.3 is 15.4 Å². The third-order valence-corrected chi connectivity index (χ3v) is 3.70. The number of carbonyl (C=O) groups is 2. The molecule has 2 rings (SSSR count). The van der Waals surface area contributed by atoms with Gasteiger partial charge in [-0.25, -0.2) is 9.59 Å². The summed E-state index contributed by atoms with van der Waals surface area (Å²) < 4.78 is 0.938. The number of carboxylic acids is 1. The van der Waals surface area contributed by atoms with Crippen LogP contribution in [0, 0.1) is 5.92 Å². The molecule has 0 aliphatic carbocycles. The van der Waals surface area contributed by atoms with Crippen molar-refractivity contribution in [3.63, 3.8) is 0 Å². The van der Waals surface area contributed by atoms with Gasteiger partial charge in [-0.3, -0.25) is 14.2 Å². The number of hydrogen-bond donors (Lipinski definition) is 3. The number of aromatic amines is 1. The van der Waals surface area contributed by atoms with Crippen molar-refractivity contribution < 1.29 is 14.7 Å². The van der Waals surface area contributed by atoms with E-state index in [0.717, 1.165) is 4.57 Å². The Morgan fingerprint density at radius 3 is 2.54 bits per heavy atom. The molecule has 8 heteroatoms. The van der Waals surface area contributed by atoms with Crippen LogP contribution in [0.3, 0.4) is 0 Å². The lowest BCUT2D eigenvalue weighted by Gasteiger charge is -2.17. The minimum Gasteiger partial charge on any atom is -0.480 e. The average molecular weight is 333 g/mol. The van der Waals surface area contributed by atoms with Crippen LogP contribution in [0.4, 0.5) is 0 Å². The number of benzene rings is 1. The van der Waals surface area contributed by atoms with Gasteiger partial charge in [0.1, 0.15) is 6.04 Å². The van der Waals surface area contributed by atoms with Gasteiger partial charge in [0.15, 0.2) is 0 Å². The summed E-state index contributed by atoms with van der Waals surface area (Å²) in [6.07, 6.45) is -0.169. The molecule has 0 saturated carbocycles. The van der Waals surface area contributed by atoms with Crippen molar-refractivity contribution in [2.75, 3.05) is 0 Å². The second kappa shape index (κ2) is 7.12. The molecule has 8 nitrogen and oxygen atoms in total. The number of H-pyrrole nitrogens is 1. The third kappa shape index (κ3) is 3.70. The number of fused-ring (bicyclic) bond motifs is 1. The number of nitrogens with one attached hydrogen (secondary N) is 2. The first-order valence-electron chi connectivity index (χ1n) is 7.55. The molecular weight excluding hydrogens is 314 g/mol. The van der Waals surface area contributed by atoms with Crippen LogP contribution in [0.25, 0.3) is 10.9 Å². The number of para-hydroxylation sites is 1. The maximum Gasteiger partial charge on any atom is 0.328 e. The Kier molecular flexibility index (Phi) is 5.18. The topological polar surface area (TPSA) is 121 Å². The molecule has 128 valence electrons. The van der Waals surface area contributed by atoms with Crippen molar-refractivity contribution >= 4 is 22.8 Å². The van der Waals surface area contributed by atoms with Gasteiger partial charge >= 0.3 is 11.7 Å². The van der Waals surface area contributed by atoms with Crippen LogP contribution in [0.2, 0.25) is 0 Å². The molecule has 1 unspecified atom stereocenters. The summed E-state index contributed by atoms with van der Waals surface area (Å²) >= 11 is 0. The molecule has 1 heterocycles. The lowest BCUT2D eigenvalue weighted by atomic mass is 10.0. The van der Waals surface area contributed by atoms with E-state index in [2.05, 4.69) is 10.3 Å². The molecule has 1 aromatic carbocycles. The minimum absolute atomic E-state index is 0.130.